The van der Waals surface area contributed by atoms with Gasteiger partial charge in [0.25, 0.3) is 0 Å². The fourth-order valence-electron chi connectivity index (χ4n) is 3.10. The van der Waals surface area contributed by atoms with Crippen molar-refractivity contribution in [1.29, 1.82) is 0 Å². The predicted octanol–water partition coefficient (Wildman–Crippen LogP) is 1.62. The van der Waals surface area contributed by atoms with Crippen LogP contribution in [0, 0.1) is 5.92 Å². The van der Waals surface area contributed by atoms with Gasteiger partial charge in [-0.3, -0.25) is 0 Å². The monoisotopic (exact) mass is 266 g/mol. The third-order valence-corrected chi connectivity index (χ3v) is 4.08. The second kappa shape index (κ2) is 6.14. The Balaban J connectivity index is 2.34. The Kier molecular flexibility index (Phi) is 4.52. The van der Waals surface area contributed by atoms with Crippen molar-refractivity contribution >= 4 is 5.97 Å². The highest BCUT2D eigenvalue weighted by molar-refractivity contribution is 5.86. The number of aromatic nitrogens is 3. The highest BCUT2D eigenvalue weighted by Crippen LogP contribution is 2.36. The smallest absolute Gasteiger partial charge is 0.358 e. The molecule has 1 aromatic rings. The molecule has 0 bridgehead atoms. The first-order valence-electron chi connectivity index (χ1n) is 7.06. The van der Waals surface area contributed by atoms with E-state index < -0.39 is 5.97 Å². The molecule has 0 aromatic carbocycles. The molecular weight excluding hydrogens is 244 g/mol. The van der Waals surface area contributed by atoms with Crippen LogP contribution in [0.4, 0.5) is 0 Å². The van der Waals surface area contributed by atoms with E-state index in [-0.39, 0.29) is 11.7 Å². The lowest BCUT2D eigenvalue weighted by molar-refractivity contribution is 0.0689. The van der Waals surface area contributed by atoms with Crippen molar-refractivity contribution in [2.45, 2.75) is 51.5 Å². The summed E-state index contributed by atoms with van der Waals surface area (Å²) in [5.41, 5.74) is 6.33. The summed E-state index contributed by atoms with van der Waals surface area (Å²) in [6.45, 7) is 2.60. The lowest BCUT2D eigenvalue weighted by Crippen LogP contribution is -2.26. The lowest BCUT2D eigenvalue weighted by Gasteiger charge is -2.31. The summed E-state index contributed by atoms with van der Waals surface area (Å²) in [6, 6.07) is 0.279. The molecule has 1 fully saturated rings. The average Bonchev–Trinajstić information content (AvgIpc) is 2.83. The molecule has 2 unspecified atom stereocenters. The molecule has 1 aliphatic carbocycles. The van der Waals surface area contributed by atoms with E-state index in [9.17, 15) is 9.90 Å². The van der Waals surface area contributed by atoms with Gasteiger partial charge in [0.05, 0.1) is 11.7 Å². The molecule has 0 amide bonds. The number of aromatic carboxylic acids is 1. The Hall–Kier alpha value is -1.43. The Morgan fingerprint density at radius 1 is 1.47 bits per heavy atom. The van der Waals surface area contributed by atoms with Crippen LogP contribution in [0.2, 0.25) is 0 Å². The molecule has 1 heterocycles. The highest BCUT2D eigenvalue weighted by atomic mass is 16.4. The summed E-state index contributed by atoms with van der Waals surface area (Å²) in [5, 5.41) is 17.1. The van der Waals surface area contributed by atoms with Crippen molar-refractivity contribution in [2.75, 3.05) is 6.54 Å². The summed E-state index contributed by atoms with van der Waals surface area (Å²) in [7, 11) is 0. The number of rotatable bonds is 5. The van der Waals surface area contributed by atoms with Crippen molar-refractivity contribution in [3.63, 3.8) is 0 Å². The summed E-state index contributed by atoms with van der Waals surface area (Å²) in [6.07, 6.45) is 6.27. The van der Waals surface area contributed by atoms with Gasteiger partial charge in [0.2, 0.25) is 0 Å². The Morgan fingerprint density at radius 2 is 2.21 bits per heavy atom. The third kappa shape index (κ3) is 2.78. The number of carboxylic acids is 1. The van der Waals surface area contributed by atoms with E-state index >= 15 is 0 Å². The Labute approximate surface area is 113 Å². The number of nitrogens with zero attached hydrogens (tertiary/aromatic N) is 3. The van der Waals surface area contributed by atoms with Crippen LogP contribution >= 0.6 is 0 Å². The summed E-state index contributed by atoms with van der Waals surface area (Å²) in [4.78, 5) is 11.2. The van der Waals surface area contributed by atoms with Crippen LogP contribution in [0.1, 0.15) is 61.3 Å². The molecule has 1 aromatic heterocycles. The first-order valence-corrected chi connectivity index (χ1v) is 7.06. The van der Waals surface area contributed by atoms with Crippen molar-refractivity contribution in [2.24, 2.45) is 11.7 Å². The van der Waals surface area contributed by atoms with Gasteiger partial charge in [-0.2, -0.15) is 0 Å². The van der Waals surface area contributed by atoms with Gasteiger partial charge in [-0.05, 0) is 25.3 Å². The predicted molar refractivity (Wildman–Crippen MR) is 71.0 cm³/mol. The Morgan fingerprint density at radius 3 is 2.84 bits per heavy atom. The van der Waals surface area contributed by atoms with E-state index in [0.717, 1.165) is 12.8 Å². The van der Waals surface area contributed by atoms with E-state index in [4.69, 9.17) is 5.73 Å². The number of carboxylic acid groups (broad SMARTS) is 1. The fraction of sp³-hybridized carbons (Fsp3) is 0.769. The average molecular weight is 266 g/mol. The molecule has 0 radical (unpaired) electrons. The van der Waals surface area contributed by atoms with Gasteiger partial charge < -0.3 is 10.8 Å². The van der Waals surface area contributed by atoms with Crippen LogP contribution in [0.25, 0.3) is 0 Å². The van der Waals surface area contributed by atoms with Gasteiger partial charge in [0.1, 0.15) is 0 Å². The minimum absolute atomic E-state index is 0.0610. The quantitative estimate of drug-likeness (QED) is 0.844. The van der Waals surface area contributed by atoms with Gasteiger partial charge >= 0.3 is 5.97 Å². The number of carbonyl (C=O) groups is 1. The number of hydrogen-bond donors (Lipinski definition) is 2. The van der Waals surface area contributed by atoms with E-state index in [1.807, 2.05) is 4.68 Å². The largest absolute Gasteiger partial charge is 0.476 e. The molecule has 1 aliphatic rings. The molecule has 6 heteroatoms. The zero-order valence-electron chi connectivity index (χ0n) is 11.4. The van der Waals surface area contributed by atoms with E-state index in [1.54, 1.807) is 0 Å². The van der Waals surface area contributed by atoms with Crippen molar-refractivity contribution in [1.82, 2.24) is 15.0 Å². The van der Waals surface area contributed by atoms with Gasteiger partial charge in [-0.1, -0.05) is 31.4 Å². The molecule has 0 saturated heterocycles. The molecular formula is C13H22N4O2. The van der Waals surface area contributed by atoms with Crippen LogP contribution in [-0.2, 0) is 6.42 Å². The maximum Gasteiger partial charge on any atom is 0.358 e. The van der Waals surface area contributed by atoms with Gasteiger partial charge in [0.15, 0.2) is 5.69 Å². The van der Waals surface area contributed by atoms with Gasteiger partial charge in [0, 0.05) is 6.42 Å². The van der Waals surface area contributed by atoms with Crippen molar-refractivity contribution in [3.8, 4) is 0 Å². The minimum atomic E-state index is -1.02. The molecule has 3 N–H and O–H groups in total. The first kappa shape index (κ1) is 14.0. The summed E-state index contributed by atoms with van der Waals surface area (Å²) in [5.74, 6) is -0.452. The number of hydrogen-bond acceptors (Lipinski definition) is 4. The zero-order valence-corrected chi connectivity index (χ0v) is 11.4. The number of nitrogens with two attached hydrogens (primary N) is 1. The second-order valence-electron chi connectivity index (χ2n) is 5.19. The van der Waals surface area contributed by atoms with Crippen molar-refractivity contribution in [3.05, 3.63) is 11.4 Å². The molecule has 2 rings (SSSR count). The van der Waals surface area contributed by atoms with Gasteiger partial charge in [-0.25, -0.2) is 9.48 Å². The van der Waals surface area contributed by atoms with Crippen LogP contribution in [0.5, 0.6) is 0 Å². The van der Waals surface area contributed by atoms with Crippen LogP contribution < -0.4 is 5.73 Å². The van der Waals surface area contributed by atoms with Gasteiger partial charge in [-0.15, -0.1) is 5.10 Å². The summed E-state index contributed by atoms with van der Waals surface area (Å²) < 4.78 is 1.84. The van der Waals surface area contributed by atoms with E-state index in [0.29, 0.717) is 24.6 Å². The maximum atomic E-state index is 11.2. The second-order valence-corrected chi connectivity index (χ2v) is 5.19. The molecule has 0 aliphatic heterocycles. The SMILES string of the molecule is CCC1CCCCC1n1nnc(C(=O)O)c1CCN. The summed E-state index contributed by atoms with van der Waals surface area (Å²) >= 11 is 0. The fourth-order valence-corrected chi connectivity index (χ4v) is 3.10. The molecule has 19 heavy (non-hydrogen) atoms. The van der Waals surface area contributed by atoms with Crippen molar-refractivity contribution < 1.29 is 9.90 Å². The van der Waals surface area contributed by atoms with Crippen LogP contribution in [-0.4, -0.2) is 32.6 Å². The van der Waals surface area contributed by atoms with Crippen LogP contribution in [0.3, 0.4) is 0 Å². The molecule has 2 atom stereocenters. The molecule has 6 nitrogen and oxygen atoms in total. The minimum Gasteiger partial charge on any atom is -0.476 e. The normalized spacial score (nSPS) is 23.5. The maximum absolute atomic E-state index is 11.2. The molecule has 106 valence electrons. The standard InChI is InChI=1S/C13H22N4O2/c1-2-9-5-3-4-6-10(9)17-11(7-8-14)12(13(18)19)15-16-17/h9-10H,2-8,14H2,1H3,(H,18,19). The zero-order chi connectivity index (χ0) is 13.8. The van der Waals surface area contributed by atoms with E-state index in [1.165, 1.54) is 19.3 Å². The molecule has 0 spiro atoms. The van der Waals surface area contributed by atoms with E-state index in [2.05, 4.69) is 17.2 Å². The topological polar surface area (TPSA) is 94.0 Å². The highest BCUT2D eigenvalue weighted by Gasteiger charge is 2.30. The first-order chi connectivity index (χ1) is 9.19. The third-order valence-electron chi connectivity index (χ3n) is 4.08. The lowest BCUT2D eigenvalue weighted by atomic mass is 9.83. The van der Waals surface area contributed by atoms with Crippen LogP contribution in [0.15, 0.2) is 0 Å². The molecule has 1 saturated carbocycles. The Bertz CT molecular complexity index is 444.